The summed E-state index contributed by atoms with van der Waals surface area (Å²) in [5.41, 5.74) is 0. The first-order chi connectivity index (χ1) is 7.74. The largest absolute Gasteiger partial charge is 0.505 e. The molecule has 1 aromatic heterocycles. The number of ether oxygens (including phenoxy) is 1. The highest BCUT2D eigenvalue weighted by Gasteiger charge is 1.97. The van der Waals surface area contributed by atoms with Gasteiger partial charge in [0.15, 0.2) is 5.75 Å². The van der Waals surface area contributed by atoms with Crippen LogP contribution in [0.4, 0.5) is 0 Å². The topological polar surface area (TPSA) is 47.3 Å². The van der Waals surface area contributed by atoms with Crippen LogP contribution in [0, 0.1) is 0 Å². The van der Waals surface area contributed by atoms with Gasteiger partial charge in [0.25, 0.3) is 0 Å². The first-order valence-electron chi connectivity index (χ1n) is 4.84. The molecule has 2 rings (SSSR count). The van der Waals surface area contributed by atoms with Gasteiger partial charge in [0.1, 0.15) is 12.4 Å². The number of hydrogen-bond donors (Lipinski definition) is 1. The molecule has 0 aliphatic heterocycles. The summed E-state index contributed by atoms with van der Waals surface area (Å²) in [5, 5.41) is 13.0. The monoisotopic (exact) mass is 282 g/mol. The summed E-state index contributed by atoms with van der Waals surface area (Å²) < 4.78 is 8.17. The van der Waals surface area contributed by atoms with Crippen molar-refractivity contribution in [2.75, 3.05) is 6.61 Å². The molecule has 1 heterocycles. The summed E-state index contributed by atoms with van der Waals surface area (Å²) in [6, 6.07) is 7.64. The van der Waals surface area contributed by atoms with E-state index in [-0.39, 0.29) is 5.75 Å². The minimum absolute atomic E-state index is 0.170. The van der Waals surface area contributed by atoms with Gasteiger partial charge in [0.2, 0.25) is 0 Å². The van der Waals surface area contributed by atoms with Crippen molar-refractivity contribution in [1.29, 1.82) is 0 Å². The Labute approximate surface area is 102 Å². The molecule has 1 N–H and O–H groups in total. The van der Waals surface area contributed by atoms with Crippen molar-refractivity contribution in [3.63, 3.8) is 0 Å². The SMILES string of the molecule is Oc1cnn(CCOc2ccc(Br)cc2)c1. The van der Waals surface area contributed by atoms with Crippen molar-refractivity contribution in [3.05, 3.63) is 41.1 Å². The lowest BCUT2D eigenvalue weighted by molar-refractivity contribution is 0.291. The van der Waals surface area contributed by atoms with Gasteiger partial charge in [-0.1, -0.05) is 15.9 Å². The van der Waals surface area contributed by atoms with Gasteiger partial charge >= 0.3 is 0 Å². The van der Waals surface area contributed by atoms with Crippen molar-refractivity contribution in [1.82, 2.24) is 9.78 Å². The molecular weight excluding hydrogens is 272 g/mol. The predicted octanol–water partition coefficient (Wildman–Crippen LogP) is 2.43. The van der Waals surface area contributed by atoms with Gasteiger partial charge in [-0.15, -0.1) is 0 Å². The molecule has 0 fully saturated rings. The fourth-order valence-corrected chi connectivity index (χ4v) is 1.53. The number of benzene rings is 1. The van der Waals surface area contributed by atoms with Crippen LogP contribution < -0.4 is 4.74 Å². The maximum absolute atomic E-state index is 9.07. The van der Waals surface area contributed by atoms with E-state index in [9.17, 15) is 0 Å². The number of nitrogens with zero attached hydrogens (tertiary/aromatic N) is 2. The van der Waals surface area contributed by atoms with Gasteiger partial charge in [-0.25, -0.2) is 0 Å². The van der Waals surface area contributed by atoms with Gasteiger partial charge in [-0.2, -0.15) is 5.10 Å². The second-order valence-corrected chi connectivity index (χ2v) is 4.18. The summed E-state index contributed by atoms with van der Waals surface area (Å²) >= 11 is 3.36. The lowest BCUT2D eigenvalue weighted by Crippen LogP contribution is -2.08. The third-order valence-corrected chi connectivity index (χ3v) is 2.55. The van der Waals surface area contributed by atoms with E-state index in [0.717, 1.165) is 10.2 Å². The molecule has 0 aliphatic carbocycles. The Morgan fingerprint density at radius 2 is 2.06 bits per heavy atom. The summed E-state index contributed by atoms with van der Waals surface area (Å²) in [7, 11) is 0. The van der Waals surface area contributed by atoms with Crippen LogP contribution in [0.1, 0.15) is 0 Å². The smallest absolute Gasteiger partial charge is 0.153 e. The molecule has 0 atom stereocenters. The van der Waals surface area contributed by atoms with E-state index in [0.29, 0.717) is 13.2 Å². The molecule has 0 aliphatic rings. The van der Waals surface area contributed by atoms with Crippen LogP contribution in [0.15, 0.2) is 41.1 Å². The van der Waals surface area contributed by atoms with E-state index in [1.54, 1.807) is 10.9 Å². The number of rotatable bonds is 4. The quantitative estimate of drug-likeness (QED) is 0.937. The van der Waals surface area contributed by atoms with Crippen molar-refractivity contribution in [2.45, 2.75) is 6.54 Å². The zero-order chi connectivity index (χ0) is 11.4. The second kappa shape index (κ2) is 5.03. The van der Waals surface area contributed by atoms with E-state index < -0.39 is 0 Å². The fourth-order valence-electron chi connectivity index (χ4n) is 1.26. The first kappa shape index (κ1) is 11.0. The highest BCUT2D eigenvalue weighted by Crippen LogP contribution is 2.16. The van der Waals surface area contributed by atoms with Crippen LogP contribution in [0.5, 0.6) is 11.5 Å². The number of aromatic nitrogens is 2. The zero-order valence-electron chi connectivity index (χ0n) is 8.51. The van der Waals surface area contributed by atoms with Crippen LogP contribution in [0.25, 0.3) is 0 Å². The molecule has 84 valence electrons. The molecule has 5 heteroatoms. The average Bonchev–Trinajstić information content (AvgIpc) is 2.67. The maximum Gasteiger partial charge on any atom is 0.153 e. The summed E-state index contributed by atoms with van der Waals surface area (Å²) in [6.07, 6.45) is 2.96. The van der Waals surface area contributed by atoms with E-state index in [2.05, 4.69) is 21.0 Å². The molecule has 0 amide bonds. The molecule has 0 radical (unpaired) electrons. The third-order valence-electron chi connectivity index (χ3n) is 2.02. The van der Waals surface area contributed by atoms with Crippen molar-refractivity contribution < 1.29 is 9.84 Å². The highest BCUT2D eigenvalue weighted by atomic mass is 79.9. The van der Waals surface area contributed by atoms with Gasteiger partial charge < -0.3 is 9.84 Å². The van der Waals surface area contributed by atoms with E-state index in [4.69, 9.17) is 9.84 Å². The summed E-state index contributed by atoms with van der Waals surface area (Å²) in [4.78, 5) is 0. The van der Waals surface area contributed by atoms with E-state index in [1.165, 1.54) is 6.20 Å². The minimum Gasteiger partial charge on any atom is -0.505 e. The van der Waals surface area contributed by atoms with Gasteiger partial charge in [-0.3, -0.25) is 4.68 Å². The number of halogens is 1. The normalized spacial score (nSPS) is 10.3. The molecule has 4 nitrogen and oxygen atoms in total. The maximum atomic E-state index is 9.07. The van der Waals surface area contributed by atoms with Crippen LogP contribution in [0.3, 0.4) is 0 Å². The molecule has 1 aromatic carbocycles. The zero-order valence-corrected chi connectivity index (χ0v) is 10.1. The molecule has 0 saturated carbocycles. The van der Waals surface area contributed by atoms with Crippen molar-refractivity contribution >= 4 is 15.9 Å². The van der Waals surface area contributed by atoms with Crippen LogP contribution >= 0.6 is 15.9 Å². The Morgan fingerprint density at radius 1 is 1.31 bits per heavy atom. The Hall–Kier alpha value is -1.49. The van der Waals surface area contributed by atoms with Crippen LogP contribution in [-0.2, 0) is 6.54 Å². The molecule has 0 unspecified atom stereocenters. The average molecular weight is 283 g/mol. The standard InChI is InChI=1S/C11H11BrN2O2/c12-9-1-3-11(4-2-9)16-6-5-14-8-10(15)7-13-14/h1-4,7-8,15H,5-6H2. The van der Waals surface area contributed by atoms with Gasteiger partial charge in [0, 0.05) is 4.47 Å². The molecule has 0 bridgehead atoms. The fraction of sp³-hybridized carbons (Fsp3) is 0.182. The Kier molecular flexibility index (Phi) is 3.46. The number of aromatic hydroxyl groups is 1. The molecule has 0 saturated heterocycles. The summed E-state index contributed by atoms with van der Waals surface area (Å²) in [6.45, 7) is 1.12. The lowest BCUT2D eigenvalue weighted by atomic mass is 10.3. The third kappa shape index (κ3) is 3.00. The Morgan fingerprint density at radius 3 is 2.69 bits per heavy atom. The Bertz CT molecular complexity index is 453. The Balaban J connectivity index is 1.82. The van der Waals surface area contributed by atoms with Gasteiger partial charge in [0.05, 0.1) is 18.9 Å². The molecular formula is C11H11BrN2O2. The second-order valence-electron chi connectivity index (χ2n) is 3.26. The van der Waals surface area contributed by atoms with E-state index in [1.807, 2.05) is 24.3 Å². The first-order valence-corrected chi connectivity index (χ1v) is 5.63. The molecule has 2 aromatic rings. The number of hydrogen-bond acceptors (Lipinski definition) is 3. The summed E-state index contributed by atoms with van der Waals surface area (Å²) in [5.74, 6) is 0.989. The lowest BCUT2D eigenvalue weighted by Gasteiger charge is -2.05. The molecule has 0 spiro atoms. The highest BCUT2D eigenvalue weighted by molar-refractivity contribution is 9.10. The van der Waals surface area contributed by atoms with Gasteiger partial charge in [-0.05, 0) is 24.3 Å². The van der Waals surface area contributed by atoms with Crippen LogP contribution in [-0.4, -0.2) is 21.5 Å². The predicted molar refractivity (Wildman–Crippen MR) is 63.5 cm³/mol. The van der Waals surface area contributed by atoms with Crippen molar-refractivity contribution in [3.8, 4) is 11.5 Å². The molecule has 16 heavy (non-hydrogen) atoms. The van der Waals surface area contributed by atoms with Crippen molar-refractivity contribution in [2.24, 2.45) is 0 Å². The minimum atomic E-state index is 0.170. The van der Waals surface area contributed by atoms with E-state index >= 15 is 0 Å². The van der Waals surface area contributed by atoms with Crippen LogP contribution in [0.2, 0.25) is 0 Å².